The van der Waals surface area contributed by atoms with Gasteiger partial charge in [-0.15, -0.1) is 0 Å². The van der Waals surface area contributed by atoms with Crippen LogP contribution in [-0.2, 0) is 9.53 Å². The molecule has 1 amide bonds. The van der Waals surface area contributed by atoms with E-state index in [1.54, 1.807) is 7.11 Å². The second-order valence-corrected chi connectivity index (χ2v) is 3.38. The van der Waals surface area contributed by atoms with Crippen LogP contribution in [0.2, 0.25) is 0 Å². The molecule has 0 aliphatic carbocycles. The SMILES string of the molecule is COc1ccc([C@@H]2CNC(=O)CO2)cc1. The molecule has 0 radical (unpaired) electrons. The fraction of sp³-hybridized carbons (Fsp3) is 0.364. The lowest BCUT2D eigenvalue weighted by Gasteiger charge is -2.23. The minimum absolute atomic E-state index is 0.0476. The summed E-state index contributed by atoms with van der Waals surface area (Å²) in [7, 11) is 1.63. The van der Waals surface area contributed by atoms with Crippen LogP contribution in [0.5, 0.6) is 5.75 Å². The predicted octanol–water partition coefficient (Wildman–Crippen LogP) is 0.883. The van der Waals surface area contributed by atoms with Crippen molar-refractivity contribution in [2.24, 2.45) is 0 Å². The minimum Gasteiger partial charge on any atom is -0.497 e. The fourth-order valence-electron chi connectivity index (χ4n) is 1.53. The average Bonchev–Trinajstić information content (AvgIpc) is 2.30. The van der Waals surface area contributed by atoms with Crippen LogP contribution in [0.3, 0.4) is 0 Å². The standard InChI is InChI=1S/C11H13NO3/c1-14-9-4-2-8(3-5-9)10-6-12-11(13)7-15-10/h2-5,10H,6-7H2,1H3,(H,12,13)/t10-/m0/s1. The second-order valence-electron chi connectivity index (χ2n) is 3.38. The van der Waals surface area contributed by atoms with Crippen LogP contribution >= 0.6 is 0 Å². The van der Waals surface area contributed by atoms with Crippen molar-refractivity contribution in [3.05, 3.63) is 29.8 Å². The van der Waals surface area contributed by atoms with Crippen LogP contribution in [0.25, 0.3) is 0 Å². The van der Waals surface area contributed by atoms with Gasteiger partial charge in [-0.25, -0.2) is 0 Å². The summed E-state index contributed by atoms with van der Waals surface area (Å²) >= 11 is 0. The van der Waals surface area contributed by atoms with E-state index in [2.05, 4.69) is 5.32 Å². The highest BCUT2D eigenvalue weighted by Crippen LogP contribution is 2.21. The number of hydrogen-bond donors (Lipinski definition) is 1. The molecular weight excluding hydrogens is 194 g/mol. The molecule has 0 unspecified atom stereocenters. The number of carbonyl (C=O) groups is 1. The van der Waals surface area contributed by atoms with Crippen molar-refractivity contribution in [3.63, 3.8) is 0 Å². The summed E-state index contributed by atoms with van der Waals surface area (Å²) in [5, 5.41) is 2.76. The van der Waals surface area contributed by atoms with E-state index in [1.165, 1.54) is 0 Å². The Bertz CT molecular complexity index is 337. The first kappa shape index (κ1) is 9.98. The van der Waals surface area contributed by atoms with Crippen molar-refractivity contribution in [1.29, 1.82) is 0 Å². The summed E-state index contributed by atoms with van der Waals surface area (Å²) in [6.07, 6.45) is -0.0476. The van der Waals surface area contributed by atoms with Crippen LogP contribution in [0.4, 0.5) is 0 Å². The Morgan fingerprint density at radius 3 is 2.67 bits per heavy atom. The Balaban J connectivity index is 2.06. The van der Waals surface area contributed by atoms with E-state index in [-0.39, 0.29) is 18.6 Å². The molecule has 15 heavy (non-hydrogen) atoms. The Morgan fingerprint density at radius 2 is 2.13 bits per heavy atom. The molecule has 1 aliphatic rings. The number of amides is 1. The van der Waals surface area contributed by atoms with Gasteiger partial charge >= 0.3 is 0 Å². The van der Waals surface area contributed by atoms with Crippen molar-refractivity contribution in [2.45, 2.75) is 6.10 Å². The lowest BCUT2D eigenvalue weighted by Crippen LogP contribution is -2.38. The van der Waals surface area contributed by atoms with Crippen LogP contribution in [0, 0.1) is 0 Å². The number of benzene rings is 1. The topological polar surface area (TPSA) is 47.6 Å². The molecule has 0 bridgehead atoms. The van der Waals surface area contributed by atoms with Gasteiger partial charge in [0.1, 0.15) is 18.5 Å². The maximum Gasteiger partial charge on any atom is 0.246 e. The number of methoxy groups -OCH3 is 1. The molecule has 2 rings (SSSR count). The fourth-order valence-corrected chi connectivity index (χ4v) is 1.53. The Hall–Kier alpha value is -1.55. The summed E-state index contributed by atoms with van der Waals surface area (Å²) in [6.45, 7) is 0.669. The van der Waals surface area contributed by atoms with Crippen molar-refractivity contribution in [2.75, 3.05) is 20.3 Å². The van der Waals surface area contributed by atoms with Gasteiger partial charge in [-0.2, -0.15) is 0 Å². The van der Waals surface area contributed by atoms with Gasteiger partial charge in [0.15, 0.2) is 0 Å². The number of morpholine rings is 1. The molecule has 0 saturated carbocycles. The lowest BCUT2D eigenvalue weighted by molar-refractivity contribution is -0.133. The Labute approximate surface area is 88.2 Å². The smallest absolute Gasteiger partial charge is 0.246 e. The highest BCUT2D eigenvalue weighted by atomic mass is 16.5. The normalized spacial score (nSPS) is 20.9. The molecule has 1 N–H and O–H groups in total. The zero-order valence-electron chi connectivity index (χ0n) is 8.53. The number of ether oxygens (including phenoxy) is 2. The highest BCUT2D eigenvalue weighted by Gasteiger charge is 2.19. The lowest BCUT2D eigenvalue weighted by atomic mass is 10.1. The van der Waals surface area contributed by atoms with Crippen LogP contribution in [0.15, 0.2) is 24.3 Å². The second kappa shape index (κ2) is 4.31. The van der Waals surface area contributed by atoms with Crippen molar-refractivity contribution >= 4 is 5.91 Å². The molecule has 1 fully saturated rings. The summed E-state index contributed by atoms with van der Waals surface area (Å²) < 4.78 is 10.5. The molecule has 1 saturated heterocycles. The monoisotopic (exact) mass is 207 g/mol. The number of carbonyl (C=O) groups excluding carboxylic acids is 1. The zero-order chi connectivity index (χ0) is 10.7. The molecule has 1 heterocycles. The first-order valence-corrected chi connectivity index (χ1v) is 4.82. The molecule has 80 valence electrons. The van der Waals surface area contributed by atoms with Crippen molar-refractivity contribution in [1.82, 2.24) is 5.32 Å². The number of rotatable bonds is 2. The third kappa shape index (κ3) is 2.27. The molecular formula is C11H13NO3. The van der Waals surface area contributed by atoms with Crippen LogP contribution in [-0.4, -0.2) is 26.2 Å². The van der Waals surface area contributed by atoms with Gasteiger partial charge in [-0.05, 0) is 17.7 Å². The van der Waals surface area contributed by atoms with E-state index < -0.39 is 0 Å². The van der Waals surface area contributed by atoms with E-state index >= 15 is 0 Å². The Kier molecular flexibility index (Phi) is 2.87. The molecule has 0 spiro atoms. The molecule has 1 atom stereocenters. The van der Waals surface area contributed by atoms with E-state index in [1.807, 2.05) is 24.3 Å². The van der Waals surface area contributed by atoms with Gasteiger partial charge < -0.3 is 14.8 Å². The highest BCUT2D eigenvalue weighted by molar-refractivity contribution is 5.77. The molecule has 4 heteroatoms. The summed E-state index contributed by atoms with van der Waals surface area (Å²) in [6, 6.07) is 7.66. The van der Waals surface area contributed by atoms with E-state index in [4.69, 9.17) is 9.47 Å². The first-order valence-electron chi connectivity index (χ1n) is 4.82. The third-order valence-electron chi connectivity index (χ3n) is 2.39. The molecule has 1 aliphatic heterocycles. The van der Waals surface area contributed by atoms with Gasteiger partial charge in [-0.3, -0.25) is 4.79 Å². The minimum atomic E-state index is -0.0558. The number of nitrogens with one attached hydrogen (secondary N) is 1. The van der Waals surface area contributed by atoms with E-state index in [0.29, 0.717) is 6.54 Å². The third-order valence-corrected chi connectivity index (χ3v) is 2.39. The maximum absolute atomic E-state index is 10.9. The van der Waals surface area contributed by atoms with Crippen molar-refractivity contribution < 1.29 is 14.3 Å². The first-order chi connectivity index (χ1) is 7.29. The molecule has 1 aromatic rings. The van der Waals surface area contributed by atoms with E-state index in [9.17, 15) is 4.79 Å². The predicted molar refractivity (Wildman–Crippen MR) is 54.7 cm³/mol. The summed E-state index contributed by atoms with van der Waals surface area (Å²) in [4.78, 5) is 10.9. The average molecular weight is 207 g/mol. The van der Waals surface area contributed by atoms with Gasteiger partial charge in [-0.1, -0.05) is 12.1 Å². The van der Waals surface area contributed by atoms with Crippen LogP contribution in [0.1, 0.15) is 11.7 Å². The van der Waals surface area contributed by atoms with Gasteiger partial charge in [0, 0.05) is 6.54 Å². The summed E-state index contributed by atoms with van der Waals surface area (Å²) in [5.74, 6) is 0.762. The number of hydrogen-bond acceptors (Lipinski definition) is 3. The van der Waals surface area contributed by atoms with Crippen LogP contribution < -0.4 is 10.1 Å². The molecule has 1 aromatic carbocycles. The maximum atomic E-state index is 10.9. The molecule has 4 nitrogen and oxygen atoms in total. The van der Waals surface area contributed by atoms with Gasteiger partial charge in [0.25, 0.3) is 0 Å². The summed E-state index contributed by atoms with van der Waals surface area (Å²) in [5.41, 5.74) is 1.05. The quantitative estimate of drug-likeness (QED) is 0.783. The largest absolute Gasteiger partial charge is 0.497 e. The molecule has 0 aromatic heterocycles. The van der Waals surface area contributed by atoms with Gasteiger partial charge in [0.05, 0.1) is 7.11 Å². The van der Waals surface area contributed by atoms with Gasteiger partial charge in [0.2, 0.25) is 5.91 Å². The Morgan fingerprint density at radius 1 is 1.40 bits per heavy atom. The van der Waals surface area contributed by atoms with Crippen molar-refractivity contribution in [3.8, 4) is 5.75 Å². The van der Waals surface area contributed by atoms with E-state index in [0.717, 1.165) is 11.3 Å². The zero-order valence-corrected chi connectivity index (χ0v) is 8.53.